The number of hydrogen-bond acceptors (Lipinski definition) is 4. The van der Waals surface area contributed by atoms with Gasteiger partial charge in [0.2, 0.25) is 5.91 Å². The lowest BCUT2D eigenvalue weighted by molar-refractivity contribution is -0.117. The van der Waals surface area contributed by atoms with Crippen molar-refractivity contribution in [3.63, 3.8) is 0 Å². The second kappa shape index (κ2) is 8.90. The van der Waals surface area contributed by atoms with Crippen molar-refractivity contribution in [2.24, 2.45) is 7.05 Å². The van der Waals surface area contributed by atoms with Crippen LogP contribution in [0.5, 0.6) is 11.5 Å². The number of aromatic nitrogens is 2. The quantitative estimate of drug-likeness (QED) is 0.641. The van der Waals surface area contributed by atoms with E-state index in [-0.39, 0.29) is 11.9 Å². The van der Waals surface area contributed by atoms with Gasteiger partial charge in [0.05, 0.1) is 14.2 Å². The minimum absolute atomic E-state index is 0.235. The maximum Gasteiger partial charge on any atom is 0.244 e. The predicted molar refractivity (Wildman–Crippen MR) is 108 cm³/mol. The molecular formula is C22H23N3O3. The summed E-state index contributed by atoms with van der Waals surface area (Å²) in [5.41, 5.74) is 1.71. The molecule has 0 saturated carbocycles. The second-order valence-electron chi connectivity index (χ2n) is 6.19. The lowest BCUT2D eigenvalue weighted by Crippen LogP contribution is -2.29. The van der Waals surface area contributed by atoms with Gasteiger partial charge in [-0.3, -0.25) is 4.79 Å². The average Bonchev–Trinajstić information content (AvgIpc) is 3.16. The van der Waals surface area contributed by atoms with E-state index in [0.717, 1.165) is 17.0 Å². The molecule has 1 amide bonds. The zero-order chi connectivity index (χ0) is 19.9. The molecule has 1 aromatic heterocycles. The van der Waals surface area contributed by atoms with Gasteiger partial charge >= 0.3 is 0 Å². The smallest absolute Gasteiger partial charge is 0.244 e. The number of carbonyl (C=O) groups excluding carboxylic acids is 1. The molecule has 3 rings (SSSR count). The summed E-state index contributed by atoms with van der Waals surface area (Å²) in [6.45, 7) is 0. The number of imidazole rings is 1. The monoisotopic (exact) mass is 377 g/mol. The van der Waals surface area contributed by atoms with Gasteiger partial charge in [0.1, 0.15) is 23.4 Å². The van der Waals surface area contributed by atoms with Crippen LogP contribution in [0.25, 0.3) is 6.08 Å². The summed E-state index contributed by atoms with van der Waals surface area (Å²) in [5, 5.41) is 3.03. The van der Waals surface area contributed by atoms with E-state index in [4.69, 9.17) is 9.47 Å². The van der Waals surface area contributed by atoms with Gasteiger partial charge in [-0.05, 0) is 29.8 Å². The van der Waals surface area contributed by atoms with Gasteiger partial charge in [-0.2, -0.15) is 0 Å². The lowest BCUT2D eigenvalue weighted by Gasteiger charge is -2.18. The molecule has 0 aliphatic heterocycles. The summed E-state index contributed by atoms with van der Waals surface area (Å²) < 4.78 is 12.5. The zero-order valence-electron chi connectivity index (χ0n) is 16.1. The number of nitrogens with one attached hydrogen (secondary N) is 1. The number of methoxy groups -OCH3 is 2. The fourth-order valence-corrected chi connectivity index (χ4v) is 2.92. The molecule has 0 aliphatic carbocycles. The molecule has 6 heteroatoms. The van der Waals surface area contributed by atoms with Gasteiger partial charge in [-0.15, -0.1) is 0 Å². The number of aryl methyl sites for hydroxylation is 1. The summed E-state index contributed by atoms with van der Waals surface area (Å²) in [6, 6.07) is 14.8. The Morgan fingerprint density at radius 1 is 1.14 bits per heavy atom. The first-order valence-corrected chi connectivity index (χ1v) is 8.85. The van der Waals surface area contributed by atoms with Crippen LogP contribution in [0.3, 0.4) is 0 Å². The Labute approximate surface area is 164 Å². The van der Waals surface area contributed by atoms with Crippen molar-refractivity contribution in [1.29, 1.82) is 0 Å². The third-order valence-corrected chi connectivity index (χ3v) is 4.39. The van der Waals surface area contributed by atoms with E-state index in [1.807, 2.05) is 60.3 Å². The SMILES string of the molecule is COc1ccc(OC)c(/C=C/C(=O)N[C@@H](c2ccccc2)c2nccn2C)c1. The van der Waals surface area contributed by atoms with Crippen molar-refractivity contribution in [1.82, 2.24) is 14.9 Å². The van der Waals surface area contributed by atoms with Gasteiger partial charge in [0.15, 0.2) is 0 Å². The van der Waals surface area contributed by atoms with Crippen molar-refractivity contribution >= 4 is 12.0 Å². The highest BCUT2D eigenvalue weighted by Crippen LogP contribution is 2.25. The molecule has 2 aromatic carbocycles. The van der Waals surface area contributed by atoms with Crippen LogP contribution in [0.15, 0.2) is 67.0 Å². The number of nitrogens with zero attached hydrogens (tertiary/aromatic N) is 2. The number of carbonyl (C=O) groups is 1. The maximum absolute atomic E-state index is 12.7. The number of hydrogen-bond donors (Lipinski definition) is 1. The Morgan fingerprint density at radius 3 is 2.57 bits per heavy atom. The Morgan fingerprint density at radius 2 is 1.93 bits per heavy atom. The summed E-state index contributed by atoms with van der Waals surface area (Å²) in [6.07, 6.45) is 6.76. The van der Waals surface area contributed by atoms with E-state index in [1.54, 1.807) is 32.6 Å². The van der Waals surface area contributed by atoms with E-state index in [9.17, 15) is 4.79 Å². The third-order valence-electron chi connectivity index (χ3n) is 4.39. The van der Waals surface area contributed by atoms with Crippen LogP contribution < -0.4 is 14.8 Å². The summed E-state index contributed by atoms with van der Waals surface area (Å²) >= 11 is 0. The maximum atomic E-state index is 12.7. The van der Waals surface area contributed by atoms with E-state index >= 15 is 0 Å². The first kappa shape index (κ1) is 19.2. The first-order chi connectivity index (χ1) is 13.6. The first-order valence-electron chi connectivity index (χ1n) is 8.85. The molecule has 0 bridgehead atoms. The largest absolute Gasteiger partial charge is 0.497 e. The summed E-state index contributed by atoms with van der Waals surface area (Å²) in [4.78, 5) is 17.1. The molecule has 0 radical (unpaired) electrons. The van der Waals surface area contributed by atoms with Crippen molar-refractivity contribution in [3.8, 4) is 11.5 Å². The minimum atomic E-state index is -0.356. The number of benzene rings is 2. The Bertz CT molecular complexity index is 964. The third kappa shape index (κ3) is 4.40. The minimum Gasteiger partial charge on any atom is -0.497 e. The Hall–Kier alpha value is -3.54. The molecule has 0 saturated heterocycles. The van der Waals surface area contributed by atoms with Gasteiger partial charge in [0, 0.05) is 31.1 Å². The molecule has 6 nitrogen and oxygen atoms in total. The van der Waals surface area contributed by atoms with Gasteiger partial charge in [-0.25, -0.2) is 4.98 Å². The highest BCUT2D eigenvalue weighted by molar-refractivity contribution is 5.92. The molecule has 144 valence electrons. The molecule has 1 atom stereocenters. The Balaban J connectivity index is 1.83. The van der Waals surface area contributed by atoms with Crippen LogP contribution in [0.2, 0.25) is 0 Å². The van der Waals surface area contributed by atoms with Gasteiger partial charge in [-0.1, -0.05) is 30.3 Å². The zero-order valence-corrected chi connectivity index (χ0v) is 16.1. The fraction of sp³-hybridized carbons (Fsp3) is 0.182. The van der Waals surface area contributed by atoms with Crippen LogP contribution in [-0.4, -0.2) is 29.7 Å². The lowest BCUT2D eigenvalue weighted by atomic mass is 10.1. The second-order valence-corrected chi connectivity index (χ2v) is 6.19. The highest BCUT2D eigenvalue weighted by Gasteiger charge is 2.19. The number of ether oxygens (including phenoxy) is 2. The molecule has 0 spiro atoms. The molecule has 28 heavy (non-hydrogen) atoms. The fourth-order valence-electron chi connectivity index (χ4n) is 2.92. The van der Waals surface area contributed by atoms with Crippen LogP contribution >= 0.6 is 0 Å². The summed E-state index contributed by atoms with van der Waals surface area (Å²) in [5.74, 6) is 1.87. The van der Waals surface area contributed by atoms with Crippen molar-refractivity contribution in [2.45, 2.75) is 6.04 Å². The van der Waals surface area contributed by atoms with E-state index in [1.165, 1.54) is 6.08 Å². The van der Waals surface area contributed by atoms with Crippen LogP contribution in [0, 0.1) is 0 Å². The number of rotatable bonds is 7. The molecule has 1 N–H and O–H groups in total. The molecule has 3 aromatic rings. The van der Waals surface area contributed by atoms with E-state index in [0.29, 0.717) is 11.5 Å². The topological polar surface area (TPSA) is 65.4 Å². The van der Waals surface area contributed by atoms with Crippen LogP contribution in [0.1, 0.15) is 23.0 Å². The van der Waals surface area contributed by atoms with E-state index < -0.39 is 0 Å². The molecule has 0 unspecified atom stereocenters. The molecule has 0 fully saturated rings. The molecule has 0 aliphatic rings. The average molecular weight is 377 g/mol. The van der Waals surface area contributed by atoms with Crippen molar-refractivity contribution in [3.05, 3.63) is 84.0 Å². The summed E-state index contributed by atoms with van der Waals surface area (Å²) in [7, 11) is 5.09. The van der Waals surface area contributed by atoms with Crippen molar-refractivity contribution in [2.75, 3.05) is 14.2 Å². The standard InChI is InChI=1S/C22H23N3O3/c1-25-14-13-23-22(25)21(16-7-5-4-6-8-16)24-20(26)12-9-17-15-18(27-2)10-11-19(17)28-3/h4-15,21H,1-3H3,(H,24,26)/b12-9+/t21-/m0/s1. The van der Waals surface area contributed by atoms with Gasteiger partial charge < -0.3 is 19.4 Å². The normalized spacial score (nSPS) is 12.0. The molecular weight excluding hydrogens is 354 g/mol. The van der Waals surface area contributed by atoms with E-state index in [2.05, 4.69) is 10.3 Å². The highest BCUT2D eigenvalue weighted by atomic mass is 16.5. The van der Waals surface area contributed by atoms with Crippen LogP contribution in [0.4, 0.5) is 0 Å². The van der Waals surface area contributed by atoms with Gasteiger partial charge in [0.25, 0.3) is 0 Å². The van der Waals surface area contributed by atoms with Crippen molar-refractivity contribution < 1.29 is 14.3 Å². The molecule has 1 heterocycles. The Kier molecular flexibility index (Phi) is 6.11. The predicted octanol–water partition coefficient (Wildman–Crippen LogP) is 3.36. The van der Waals surface area contributed by atoms with Crippen LogP contribution in [-0.2, 0) is 11.8 Å². The number of amides is 1.